The van der Waals surface area contributed by atoms with Crippen LogP contribution in [0, 0.1) is 6.92 Å². The molecule has 3 aromatic rings. The molecule has 0 radical (unpaired) electrons. The summed E-state index contributed by atoms with van der Waals surface area (Å²) in [7, 11) is 3.15. The van der Waals surface area contributed by atoms with Gasteiger partial charge in [-0.2, -0.15) is 0 Å². The molecule has 0 aromatic heterocycles. The maximum absolute atomic E-state index is 13.2. The number of rotatable bonds is 6. The number of ether oxygens (including phenoxy) is 2. The lowest BCUT2D eigenvalue weighted by Gasteiger charge is -2.25. The summed E-state index contributed by atoms with van der Waals surface area (Å²) < 4.78 is 10.6. The van der Waals surface area contributed by atoms with Crippen molar-refractivity contribution in [1.82, 2.24) is 4.90 Å². The lowest BCUT2D eigenvalue weighted by molar-refractivity contribution is -0.140. The third-order valence-corrected chi connectivity index (χ3v) is 5.81. The second kappa shape index (κ2) is 9.20. The van der Waals surface area contributed by atoms with Crippen molar-refractivity contribution in [2.75, 3.05) is 14.2 Å². The van der Waals surface area contributed by atoms with Crippen LogP contribution < -0.4 is 9.47 Å². The van der Waals surface area contributed by atoms with Gasteiger partial charge in [-0.15, -0.1) is 0 Å². The zero-order valence-corrected chi connectivity index (χ0v) is 18.7. The number of aliphatic hydroxyl groups excluding tert-OH is 1. The molecule has 0 bridgehead atoms. The lowest BCUT2D eigenvalue weighted by atomic mass is 9.94. The van der Waals surface area contributed by atoms with Crippen molar-refractivity contribution < 1.29 is 24.2 Å². The maximum Gasteiger partial charge on any atom is 0.295 e. The van der Waals surface area contributed by atoms with Gasteiger partial charge in [-0.05, 0) is 53.9 Å². The second-order valence-electron chi connectivity index (χ2n) is 7.87. The van der Waals surface area contributed by atoms with Crippen LogP contribution in [-0.4, -0.2) is 35.9 Å². The van der Waals surface area contributed by atoms with Gasteiger partial charge in [-0.25, -0.2) is 0 Å². The normalized spacial score (nSPS) is 17.3. The molecular weight excluding hydrogens is 418 g/mol. The largest absolute Gasteiger partial charge is 0.507 e. The Morgan fingerprint density at radius 3 is 2.36 bits per heavy atom. The number of methoxy groups -OCH3 is 2. The molecular formula is C27H25NO5. The van der Waals surface area contributed by atoms with Gasteiger partial charge in [0.05, 0.1) is 25.8 Å². The summed E-state index contributed by atoms with van der Waals surface area (Å²) in [5.41, 5.74) is 2.89. The van der Waals surface area contributed by atoms with Gasteiger partial charge in [0.25, 0.3) is 11.7 Å². The number of carbonyl (C=O) groups is 2. The number of aliphatic hydroxyl groups is 1. The summed E-state index contributed by atoms with van der Waals surface area (Å²) in [6, 6.07) is 21.0. The van der Waals surface area contributed by atoms with Crippen molar-refractivity contribution in [1.29, 1.82) is 0 Å². The predicted molar refractivity (Wildman–Crippen MR) is 125 cm³/mol. The van der Waals surface area contributed by atoms with Gasteiger partial charge < -0.3 is 19.5 Å². The SMILES string of the molecule is COc1cccc(CN2C(=O)C(=O)/C(=C(\O)c3ccc(OC)c(C)c3)C2c2ccccc2)c1. The van der Waals surface area contributed by atoms with Crippen LogP contribution >= 0.6 is 0 Å². The minimum absolute atomic E-state index is 0.0682. The van der Waals surface area contributed by atoms with Gasteiger partial charge in [-0.3, -0.25) is 9.59 Å². The Morgan fingerprint density at radius 2 is 1.70 bits per heavy atom. The van der Waals surface area contributed by atoms with Crippen LogP contribution in [0.5, 0.6) is 11.5 Å². The third-order valence-electron chi connectivity index (χ3n) is 5.81. The van der Waals surface area contributed by atoms with Crippen LogP contribution in [0.25, 0.3) is 5.76 Å². The summed E-state index contributed by atoms with van der Waals surface area (Å²) >= 11 is 0. The predicted octanol–water partition coefficient (Wildman–Crippen LogP) is 4.63. The van der Waals surface area contributed by atoms with E-state index < -0.39 is 17.7 Å². The van der Waals surface area contributed by atoms with Gasteiger partial charge in [0, 0.05) is 12.1 Å². The number of likely N-dealkylation sites (tertiary alicyclic amines) is 1. The Kier molecular flexibility index (Phi) is 6.18. The number of amides is 1. The molecule has 168 valence electrons. The molecule has 1 amide bonds. The van der Waals surface area contributed by atoms with Crippen molar-refractivity contribution in [2.24, 2.45) is 0 Å². The van der Waals surface area contributed by atoms with Crippen LogP contribution in [0.1, 0.15) is 28.3 Å². The highest BCUT2D eigenvalue weighted by Crippen LogP contribution is 2.40. The highest BCUT2D eigenvalue weighted by molar-refractivity contribution is 6.46. The number of benzene rings is 3. The summed E-state index contributed by atoms with van der Waals surface area (Å²) in [6.45, 7) is 2.05. The molecule has 0 aliphatic carbocycles. The fraction of sp³-hybridized carbons (Fsp3) is 0.185. The first-order valence-electron chi connectivity index (χ1n) is 10.6. The van der Waals surface area contributed by atoms with Crippen LogP contribution in [0.15, 0.2) is 78.4 Å². The van der Waals surface area contributed by atoms with Gasteiger partial charge >= 0.3 is 0 Å². The molecule has 33 heavy (non-hydrogen) atoms. The second-order valence-corrected chi connectivity index (χ2v) is 7.87. The molecule has 3 aromatic carbocycles. The topological polar surface area (TPSA) is 76.1 Å². The van der Waals surface area contributed by atoms with E-state index >= 15 is 0 Å². The standard InChI is InChI=1S/C27H25NO5/c1-17-14-20(12-13-22(17)33-3)25(29)23-24(19-9-5-4-6-10-19)28(27(31)26(23)30)16-18-8-7-11-21(15-18)32-2/h4-15,24,29H,16H2,1-3H3/b25-23-. The molecule has 1 aliphatic rings. The molecule has 1 N–H and O–H groups in total. The van der Waals surface area contributed by atoms with E-state index in [1.54, 1.807) is 32.4 Å². The van der Waals surface area contributed by atoms with Crippen molar-refractivity contribution in [3.63, 3.8) is 0 Å². The molecule has 6 nitrogen and oxygen atoms in total. The van der Waals surface area contributed by atoms with E-state index in [9.17, 15) is 14.7 Å². The molecule has 1 saturated heterocycles. The first kappa shape index (κ1) is 22.1. The van der Waals surface area contributed by atoms with Crippen molar-refractivity contribution in [3.05, 3.63) is 101 Å². The average Bonchev–Trinajstić information content (AvgIpc) is 3.09. The fourth-order valence-electron chi connectivity index (χ4n) is 4.17. The van der Waals surface area contributed by atoms with E-state index in [1.165, 1.54) is 4.90 Å². The van der Waals surface area contributed by atoms with Crippen LogP contribution in [-0.2, 0) is 16.1 Å². The molecule has 1 atom stereocenters. The molecule has 1 unspecified atom stereocenters. The monoisotopic (exact) mass is 443 g/mol. The first-order chi connectivity index (χ1) is 15.9. The van der Waals surface area contributed by atoms with Crippen molar-refractivity contribution in [3.8, 4) is 11.5 Å². The van der Waals surface area contributed by atoms with E-state index in [2.05, 4.69) is 0 Å². The smallest absolute Gasteiger partial charge is 0.295 e. The highest BCUT2D eigenvalue weighted by atomic mass is 16.5. The van der Waals surface area contributed by atoms with Crippen LogP contribution in [0.4, 0.5) is 0 Å². The van der Waals surface area contributed by atoms with Gasteiger partial charge in [0.1, 0.15) is 17.3 Å². The quantitative estimate of drug-likeness (QED) is 0.341. The minimum Gasteiger partial charge on any atom is -0.507 e. The Bertz CT molecular complexity index is 1230. The van der Waals surface area contributed by atoms with E-state index in [0.717, 1.165) is 16.7 Å². The zero-order valence-electron chi connectivity index (χ0n) is 18.7. The molecule has 4 rings (SSSR count). The van der Waals surface area contributed by atoms with E-state index in [1.807, 2.05) is 61.5 Å². The van der Waals surface area contributed by atoms with E-state index in [-0.39, 0.29) is 17.9 Å². The van der Waals surface area contributed by atoms with Gasteiger partial charge in [-0.1, -0.05) is 42.5 Å². The Labute approximate surface area is 192 Å². The van der Waals surface area contributed by atoms with E-state index in [4.69, 9.17) is 9.47 Å². The Balaban J connectivity index is 1.83. The van der Waals surface area contributed by atoms with Crippen molar-refractivity contribution in [2.45, 2.75) is 19.5 Å². The molecule has 6 heteroatoms. The lowest BCUT2D eigenvalue weighted by Crippen LogP contribution is -2.29. The molecule has 1 heterocycles. The van der Waals surface area contributed by atoms with E-state index in [0.29, 0.717) is 17.1 Å². The molecule has 1 fully saturated rings. The first-order valence-corrected chi connectivity index (χ1v) is 10.6. The van der Waals surface area contributed by atoms with Gasteiger partial charge in [0.2, 0.25) is 0 Å². The molecule has 1 aliphatic heterocycles. The number of carbonyl (C=O) groups excluding carboxylic acids is 2. The fourth-order valence-corrected chi connectivity index (χ4v) is 4.17. The number of ketones is 1. The summed E-state index contributed by atoms with van der Waals surface area (Å²) in [6.07, 6.45) is 0. The molecule has 0 saturated carbocycles. The number of hydrogen-bond acceptors (Lipinski definition) is 5. The Morgan fingerprint density at radius 1 is 0.939 bits per heavy atom. The Hall–Kier alpha value is -4.06. The van der Waals surface area contributed by atoms with Crippen molar-refractivity contribution >= 4 is 17.4 Å². The number of Topliss-reactive ketones (excluding diaryl/α,β-unsaturated/α-hetero) is 1. The number of nitrogens with zero attached hydrogens (tertiary/aromatic N) is 1. The van der Waals surface area contributed by atoms with Crippen LogP contribution in [0.3, 0.4) is 0 Å². The summed E-state index contributed by atoms with van der Waals surface area (Å²) in [4.78, 5) is 27.8. The average molecular weight is 443 g/mol. The minimum atomic E-state index is -0.722. The summed E-state index contributed by atoms with van der Waals surface area (Å²) in [5, 5.41) is 11.2. The maximum atomic E-state index is 13.2. The summed E-state index contributed by atoms with van der Waals surface area (Å²) in [5.74, 6) is -0.240. The van der Waals surface area contributed by atoms with Crippen LogP contribution in [0.2, 0.25) is 0 Å². The number of hydrogen-bond donors (Lipinski definition) is 1. The zero-order chi connectivity index (χ0) is 23.5. The third kappa shape index (κ3) is 4.20. The van der Waals surface area contributed by atoms with Gasteiger partial charge in [0.15, 0.2) is 0 Å². The number of aryl methyl sites for hydroxylation is 1. The highest BCUT2D eigenvalue weighted by Gasteiger charge is 2.46. The molecule has 0 spiro atoms.